The summed E-state index contributed by atoms with van der Waals surface area (Å²) in [6.45, 7) is 12.0. The highest BCUT2D eigenvalue weighted by molar-refractivity contribution is 5.68. The van der Waals surface area contributed by atoms with Crippen molar-refractivity contribution in [3.63, 3.8) is 0 Å². The topological polar surface area (TPSA) is 99.1 Å². The van der Waals surface area contributed by atoms with Crippen LogP contribution in [0.3, 0.4) is 0 Å². The van der Waals surface area contributed by atoms with Crippen LogP contribution in [-0.2, 0) is 28.6 Å². The van der Waals surface area contributed by atoms with E-state index < -0.39 is 53.2 Å². The number of carbonyl (C=O) groups excluding carboxylic acids is 3. The van der Waals surface area contributed by atoms with Gasteiger partial charge in [-0.05, 0) is 30.1 Å². The first kappa shape index (κ1) is 21.1. The zero-order valence-corrected chi connectivity index (χ0v) is 17.7. The zero-order valence-electron chi connectivity index (χ0n) is 17.7. The normalized spacial score (nSPS) is 45.9. The molecule has 1 N–H and O–H groups in total. The summed E-state index contributed by atoms with van der Waals surface area (Å²) in [7, 11) is 0. The van der Waals surface area contributed by atoms with Crippen LogP contribution in [0.25, 0.3) is 0 Å². The number of hydrogen-bond acceptors (Lipinski definition) is 7. The number of carbonyl (C=O) groups is 3. The van der Waals surface area contributed by atoms with Crippen molar-refractivity contribution in [3.05, 3.63) is 0 Å². The predicted octanol–water partition coefficient (Wildman–Crippen LogP) is 2.09. The third-order valence-electron chi connectivity index (χ3n) is 7.54. The Kier molecular flexibility index (Phi) is 5.06. The molecule has 0 heterocycles. The average Bonchev–Trinajstić information content (AvgIpc) is 2.59. The number of rotatable bonds is 3. The van der Waals surface area contributed by atoms with E-state index in [0.717, 1.165) is 0 Å². The van der Waals surface area contributed by atoms with Gasteiger partial charge >= 0.3 is 17.9 Å². The molecule has 0 unspecified atom stereocenters. The van der Waals surface area contributed by atoms with Gasteiger partial charge in [-0.15, -0.1) is 0 Å². The first-order valence-corrected chi connectivity index (χ1v) is 10.0. The first-order valence-electron chi connectivity index (χ1n) is 10.0. The van der Waals surface area contributed by atoms with Crippen LogP contribution < -0.4 is 0 Å². The smallest absolute Gasteiger partial charge is 0.303 e. The van der Waals surface area contributed by atoms with Crippen LogP contribution in [0.5, 0.6) is 0 Å². The summed E-state index contributed by atoms with van der Waals surface area (Å²) in [6, 6.07) is 0. The fraction of sp³-hybridized carbons (Fsp3) is 0.857. The Morgan fingerprint density at radius 2 is 1.32 bits per heavy atom. The maximum Gasteiger partial charge on any atom is 0.303 e. The van der Waals surface area contributed by atoms with Gasteiger partial charge in [-0.3, -0.25) is 14.4 Å². The van der Waals surface area contributed by atoms with Gasteiger partial charge in [0.15, 0.2) is 6.10 Å². The molecule has 7 nitrogen and oxygen atoms in total. The van der Waals surface area contributed by atoms with Crippen LogP contribution in [0.2, 0.25) is 0 Å². The molecule has 0 saturated heterocycles. The molecule has 4 rings (SSSR count). The fourth-order valence-corrected chi connectivity index (χ4v) is 6.91. The molecule has 4 aliphatic carbocycles. The van der Waals surface area contributed by atoms with Gasteiger partial charge < -0.3 is 19.3 Å². The molecule has 4 bridgehead atoms. The maximum absolute atomic E-state index is 12.0. The molecule has 4 fully saturated rings. The first-order chi connectivity index (χ1) is 12.8. The summed E-state index contributed by atoms with van der Waals surface area (Å²) >= 11 is 0. The second kappa shape index (κ2) is 6.71. The van der Waals surface area contributed by atoms with E-state index in [1.807, 2.05) is 20.8 Å². The second-order valence-corrected chi connectivity index (χ2v) is 9.68. The van der Waals surface area contributed by atoms with Crippen LogP contribution in [0.4, 0.5) is 0 Å². The number of ether oxygens (including phenoxy) is 3. The molecule has 0 aromatic heterocycles. The zero-order chi connectivity index (χ0) is 21.2. The molecule has 28 heavy (non-hydrogen) atoms. The molecule has 0 radical (unpaired) electrons. The number of aliphatic hydroxyl groups is 1. The van der Waals surface area contributed by atoms with E-state index in [9.17, 15) is 19.5 Å². The number of hydrogen-bond donors (Lipinski definition) is 1. The van der Waals surface area contributed by atoms with Crippen LogP contribution in [0, 0.1) is 34.5 Å². The van der Waals surface area contributed by atoms with Gasteiger partial charge in [0.2, 0.25) is 0 Å². The van der Waals surface area contributed by atoms with E-state index in [4.69, 9.17) is 14.2 Å². The van der Waals surface area contributed by atoms with Crippen LogP contribution in [0.15, 0.2) is 0 Å². The lowest BCUT2D eigenvalue weighted by atomic mass is 9.35. The highest BCUT2D eigenvalue weighted by Gasteiger charge is 2.78. The largest absolute Gasteiger partial charge is 0.458 e. The van der Waals surface area contributed by atoms with E-state index in [1.54, 1.807) is 0 Å². The Balaban J connectivity index is 2.20. The number of fused-ring (bicyclic) bond motifs is 3. The summed E-state index contributed by atoms with van der Waals surface area (Å²) in [5.74, 6) is -1.24. The minimum Gasteiger partial charge on any atom is -0.458 e. The molecule has 0 aliphatic heterocycles. The summed E-state index contributed by atoms with van der Waals surface area (Å²) in [4.78, 5) is 35.9. The van der Waals surface area contributed by atoms with Crippen molar-refractivity contribution in [1.29, 1.82) is 0 Å². The Labute approximate surface area is 166 Å². The van der Waals surface area contributed by atoms with Crippen LogP contribution in [-0.4, -0.2) is 47.4 Å². The molecular formula is C21H32O7. The average molecular weight is 396 g/mol. The molecule has 4 saturated carbocycles. The SMILES string of the molecule is CC(=O)O[C@@H]1[C@@H](OC(C)=O)C(C)(C)[C@H]2[C@@H]3[C@H](C)C[C@@H](O)[C@H]2[C@]3(C)[C@@H]1OC(C)=O. The van der Waals surface area contributed by atoms with Crippen molar-refractivity contribution >= 4 is 17.9 Å². The van der Waals surface area contributed by atoms with Gasteiger partial charge in [0.05, 0.1) is 6.10 Å². The van der Waals surface area contributed by atoms with Crippen molar-refractivity contribution in [2.24, 2.45) is 34.5 Å². The third-order valence-corrected chi connectivity index (χ3v) is 7.54. The van der Waals surface area contributed by atoms with Gasteiger partial charge in [-0.1, -0.05) is 27.7 Å². The summed E-state index contributed by atoms with van der Waals surface area (Å²) in [5.41, 5.74) is -1.15. The fourth-order valence-electron chi connectivity index (χ4n) is 6.91. The predicted molar refractivity (Wildman–Crippen MR) is 98.8 cm³/mol. The lowest BCUT2D eigenvalue weighted by molar-refractivity contribution is -0.286. The monoisotopic (exact) mass is 396 g/mol. The molecule has 158 valence electrons. The lowest BCUT2D eigenvalue weighted by Crippen LogP contribution is -2.72. The van der Waals surface area contributed by atoms with Gasteiger partial charge in [0, 0.05) is 31.6 Å². The number of esters is 3. The standard InChI is InChI=1S/C21H32O7/c1-9-8-13(25)15-16-14(9)21(15,7)19(28-12(4)24)17(26-10(2)22)18(20(16,5)6)27-11(3)23/h9,13-19,25H,8H2,1-7H3/t9-,13-,14+,15-,16+,17-,18-,19-,21-/m1/s1. The lowest BCUT2D eigenvalue weighted by Gasteiger charge is -2.70. The Bertz CT molecular complexity index is 668. The van der Waals surface area contributed by atoms with E-state index in [0.29, 0.717) is 6.42 Å². The van der Waals surface area contributed by atoms with Crippen molar-refractivity contribution in [2.75, 3.05) is 0 Å². The van der Waals surface area contributed by atoms with E-state index >= 15 is 0 Å². The molecule has 0 spiro atoms. The molecule has 0 aromatic rings. The molecular weight excluding hydrogens is 364 g/mol. The van der Waals surface area contributed by atoms with E-state index in [1.165, 1.54) is 20.8 Å². The Morgan fingerprint density at radius 1 is 0.821 bits per heavy atom. The van der Waals surface area contributed by atoms with Gasteiger partial charge in [-0.2, -0.15) is 0 Å². The Hall–Kier alpha value is -1.63. The summed E-state index contributed by atoms with van der Waals surface area (Å²) in [5, 5.41) is 10.9. The van der Waals surface area contributed by atoms with Crippen molar-refractivity contribution < 1.29 is 33.7 Å². The van der Waals surface area contributed by atoms with Crippen molar-refractivity contribution in [2.45, 2.75) is 79.3 Å². The molecule has 0 aromatic carbocycles. The molecule has 7 heteroatoms. The van der Waals surface area contributed by atoms with Gasteiger partial charge in [0.25, 0.3) is 0 Å². The third kappa shape index (κ3) is 2.85. The highest BCUT2D eigenvalue weighted by Crippen LogP contribution is 2.74. The van der Waals surface area contributed by atoms with Gasteiger partial charge in [-0.25, -0.2) is 0 Å². The minimum absolute atomic E-state index is 0.0548. The number of aliphatic hydroxyl groups excluding tert-OH is 1. The summed E-state index contributed by atoms with van der Waals surface area (Å²) < 4.78 is 17.1. The van der Waals surface area contributed by atoms with E-state index in [2.05, 4.69) is 6.92 Å². The van der Waals surface area contributed by atoms with Crippen molar-refractivity contribution in [1.82, 2.24) is 0 Å². The minimum atomic E-state index is -0.930. The maximum atomic E-state index is 12.0. The molecule has 4 aliphatic rings. The quantitative estimate of drug-likeness (QED) is 0.576. The van der Waals surface area contributed by atoms with Crippen molar-refractivity contribution in [3.8, 4) is 0 Å². The Morgan fingerprint density at radius 3 is 1.79 bits per heavy atom. The van der Waals surface area contributed by atoms with E-state index in [-0.39, 0.29) is 23.7 Å². The van der Waals surface area contributed by atoms with Crippen LogP contribution in [0.1, 0.15) is 54.9 Å². The molecule has 9 atom stereocenters. The van der Waals surface area contributed by atoms with Crippen LogP contribution >= 0.6 is 0 Å². The second-order valence-electron chi connectivity index (χ2n) is 9.68. The van der Waals surface area contributed by atoms with Gasteiger partial charge in [0.1, 0.15) is 12.2 Å². The highest BCUT2D eigenvalue weighted by atomic mass is 16.6. The molecule has 0 amide bonds. The summed E-state index contributed by atoms with van der Waals surface area (Å²) in [6.07, 6.45) is -2.39.